The Morgan fingerprint density at radius 2 is 2.00 bits per heavy atom. The normalized spacial score (nSPS) is 14.2. The van der Waals surface area contributed by atoms with E-state index in [1.807, 2.05) is 13.8 Å². The molecular formula is C11H15F3N2. The molecule has 0 spiro atoms. The topological polar surface area (TPSA) is 38.9 Å². The molecule has 1 atom stereocenters. The van der Waals surface area contributed by atoms with Crippen molar-refractivity contribution in [2.75, 3.05) is 0 Å². The molecule has 0 aliphatic rings. The Balaban J connectivity index is 3.04. The Kier molecular flexibility index (Phi) is 3.91. The molecule has 2 nitrogen and oxygen atoms in total. The maximum Gasteiger partial charge on any atom is 0.416 e. The second-order valence-corrected chi connectivity index (χ2v) is 4.20. The number of nitrogens with zero attached hydrogens (tertiary/aromatic N) is 1. The lowest BCUT2D eigenvalue weighted by molar-refractivity contribution is -0.138. The van der Waals surface area contributed by atoms with E-state index in [4.69, 9.17) is 5.73 Å². The Bertz CT molecular complexity index is 347. The van der Waals surface area contributed by atoms with Gasteiger partial charge in [-0.15, -0.1) is 0 Å². The Morgan fingerprint density at radius 1 is 1.38 bits per heavy atom. The molecule has 1 aromatic heterocycles. The predicted octanol–water partition coefficient (Wildman–Crippen LogP) is 3.15. The summed E-state index contributed by atoms with van der Waals surface area (Å²) >= 11 is 0. The van der Waals surface area contributed by atoms with Crippen molar-refractivity contribution in [3.63, 3.8) is 0 Å². The number of nitrogens with two attached hydrogens (primary N) is 1. The van der Waals surface area contributed by atoms with Crippen molar-refractivity contribution >= 4 is 0 Å². The zero-order chi connectivity index (χ0) is 12.3. The van der Waals surface area contributed by atoms with Gasteiger partial charge in [0.1, 0.15) is 0 Å². The zero-order valence-corrected chi connectivity index (χ0v) is 9.25. The summed E-state index contributed by atoms with van der Waals surface area (Å²) in [4.78, 5) is 3.71. The monoisotopic (exact) mass is 232 g/mol. The van der Waals surface area contributed by atoms with Gasteiger partial charge in [0.25, 0.3) is 0 Å². The van der Waals surface area contributed by atoms with Crippen molar-refractivity contribution in [1.82, 2.24) is 4.98 Å². The van der Waals surface area contributed by atoms with Crippen LogP contribution in [0.2, 0.25) is 0 Å². The average Bonchev–Trinajstić information content (AvgIpc) is 2.15. The van der Waals surface area contributed by atoms with Gasteiger partial charge in [0, 0.05) is 18.4 Å². The molecule has 5 heteroatoms. The van der Waals surface area contributed by atoms with Crippen molar-refractivity contribution in [1.29, 1.82) is 0 Å². The van der Waals surface area contributed by atoms with Crippen LogP contribution in [0.15, 0.2) is 18.5 Å². The summed E-state index contributed by atoms with van der Waals surface area (Å²) in [6.07, 6.45) is -1.52. The van der Waals surface area contributed by atoms with Crippen molar-refractivity contribution in [3.8, 4) is 0 Å². The summed E-state index contributed by atoms with van der Waals surface area (Å²) in [5.41, 5.74) is 5.14. The van der Waals surface area contributed by atoms with Gasteiger partial charge >= 0.3 is 6.18 Å². The van der Waals surface area contributed by atoms with Gasteiger partial charge in [0.05, 0.1) is 5.56 Å². The lowest BCUT2D eigenvalue weighted by atomic mass is 9.95. The Hall–Kier alpha value is -1.10. The fourth-order valence-corrected chi connectivity index (χ4v) is 1.60. The first kappa shape index (κ1) is 13.0. The minimum atomic E-state index is -4.37. The van der Waals surface area contributed by atoms with Crippen LogP contribution in [0.25, 0.3) is 0 Å². The third-order valence-electron chi connectivity index (χ3n) is 2.28. The quantitative estimate of drug-likeness (QED) is 0.869. The average molecular weight is 232 g/mol. The molecular weight excluding hydrogens is 217 g/mol. The Labute approximate surface area is 92.7 Å². The van der Waals surface area contributed by atoms with Crippen molar-refractivity contribution in [3.05, 3.63) is 29.6 Å². The Morgan fingerprint density at radius 3 is 2.50 bits per heavy atom. The van der Waals surface area contributed by atoms with Gasteiger partial charge in [0.2, 0.25) is 0 Å². The molecule has 90 valence electrons. The first-order valence-corrected chi connectivity index (χ1v) is 5.09. The summed E-state index contributed by atoms with van der Waals surface area (Å²) in [6.45, 7) is 3.84. The highest BCUT2D eigenvalue weighted by molar-refractivity contribution is 5.29. The summed E-state index contributed by atoms with van der Waals surface area (Å²) in [5, 5.41) is 0. The predicted molar refractivity (Wildman–Crippen MR) is 55.6 cm³/mol. The van der Waals surface area contributed by atoms with Crippen LogP contribution in [0.5, 0.6) is 0 Å². The van der Waals surface area contributed by atoms with Crippen molar-refractivity contribution in [2.45, 2.75) is 32.5 Å². The first-order valence-electron chi connectivity index (χ1n) is 5.09. The molecule has 1 heterocycles. The maximum atomic E-state index is 12.7. The molecule has 0 radical (unpaired) electrons. The highest BCUT2D eigenvalue weighted by Gasteiger charge is 2.34. The van der Waals surface area contributed by atoms with E-state index >= 15 is 0 Å². The second-order valence-electron chi connectivity index (χ2n) is 4.20. The molecule has 0 aliphatic carbocycles. The summed E-state index contributed by atoms with van der Waals surface area (Å²) in [7, 11) is 0. The molecule has 2 N–H and O–H groups in total. The van der Waals surface area contributed by atoms with Crippen LogP contribution in [0.3, 0.4) is 0 Å². The van der Waals surface area contributed by atoms with Gasteiger partial charge in [-0.2, -0.15) is 13.2 Å². The molecule has 0 fully saturated rings. The number of pyridine rings is 1. The minimum Gasteiger partial charge on any atom is -0.324 e. The molecule has 0 amide bonds. The zero-order valence-electron chi connectivity index (χ0n) is 9.25. The number of aromatic nitrogens is 1. The number of alkyl halides is 3. The largest absolute Gasteiger partial charge is 0.416 e. The molecule has 1 rings (SSSR count). The second kappa shape index (κ2) is 4.82. The third kappa shape index (κ3) is 3.20. The van der Waals surface area contributed by atoms with Crippen LogP contribution in [-0.4, -0.2) is 4.98 Å². The first-order chi connectivity index (χ1) is 7.32. The maximum absolute atomic E-state index is 12.7. The van der Waals surface area contributed by atoms with Gasteiger partial charge in [-0.05, 0) is 24.0 Å². The number of halogens is 3. The molecule has 1 unspecified atom stereocenters. The molecule has 0 bridgehead atoms. The van der Waals surface area contributed by atoms with E-state index in [1.54, 1.807) is 0 Å². The van der Waals surface area contributed by atoms with E-state index in [2.05, 4.69) is 4.98 Å². The minimum absolute atomic E-state index is 0.0729. The fraction of sp³-hybridized carbons (Fsp3) is 0.545. The third-order valence-corrected chi connectivity index (χ3v) is 2.28. The van der Waals surface area contributed by atoms with Crippen LogP contribution in [0, 0.1) is 5.92 Å². The molecule has 0 saturated carbocycles. The SMILES string of the molecule is CC(C)CC(N)c1cnccc1C(F)(F)F. The summed E-state index contributed by atoms with van der Waals surface area (Å²) in [5.74, 6) is 0.247. The van der Waals surface area contributed by atoms with E-state index in [9.17, 15) is 13.2 Å². The molecule has 0 aliphatic heterocycles. The van der Waals surface area contributed by atoms with E-state index in [-0.39, 0.29) is 11.5 Å². The highest BCUT2D eigenvalue weighted by Crippen LogP contribution is 2.34. The number of rotatable bonds is 3. The number of hydrogen-bond acceptors (Lipinski definition) is 2. The van der Waals surface area contributed by atoms with Gasteiger partial charge in [-0.3, -0.25) is 4.98 Å². The van der Waals surface area contributed by atoms with Gasteiger partial charge < -0.3 is 5.73 Å². The van der Waals surface area contributed by atoms with Crippen LogP contribution in [-0.2, 0) is 6.18 Å². The molecule has 0 aromatic carbocycles. The van der Waals surface area contributed by atoms with Gasteiger partial charge in [0.15, 0.2) is 0 Å². The fourth-order valence-electron chi connectivity index (χ4n) is 1.60. The summed E-state index contributed by atoms with van der Waals surface area (Å²) < 4.78 is 38.0. The van der Waals surface area contributed by atoms with Gasteiger partial charge in [-0.25, -0.2) is 0 Å². The molecule has 0 saturated heterocycles. The lowest BCUT2D eigenvalue weighted by Crippen LogP contribution is -2.19. The van der Waals surface area contributed by atoms with Crippen molar-refractivity contribution < 1.29 is 13.2 Å². The number of hydrogen-bond donors (Lipinski definition) is 1. The lowest BCUT2D eigenvalue weighted by Gasteiger charge is -2.19. The molecule has 1 aromatic rings. The van der Waals surface area contributed by atoms with Crippen molar-refractivity contribution in [2.24, 2.45) is 11.7 Å². The van der Waals surface area contributed by atoms with Crippen LogP contribution >= 0.6 is 0 Å². The van der Waals surface area contributed by atoms with Crippen LogP contribution < -0.4 is 5.73 Å². The van der Waals surface area contributed by atoms with E-state index < -0.39 is 17.8 Å². The highest BCUT2D eigenvalue weighted by atomic mass is 19.4. The van der Waals surface area contributed by atoms with E-state index in [0.29, 0.717) is 6.42 Å². The summed E-state index contributed by atoms with van der Waals surface area (Å²) in [6, 6.07) is 0.348. The van der Waals surface area contributed by atoms with Gasteiger partial charge in [-0.1, -0.05) is 13.8 Å². The smallest absolute Gasteiger partial charge is 0.324 e. The van der Waals surface area contributed by atoms with Crippen LogP contribution in [0.4, 0.5) is 13.2 Å². The van der Waals surface area contributed by atoms with E-state index in [1.165, 1.54) is 6.20 Å². The van der Waals surface area contributed by atoms with Crippen LogP contribution in [0.1, 0.15) is 37.4 Å². The standard InChI is InChI=1S/C11H15F3N2/c1-7(2)5-10(15)8-6-16-4-3-9(8)11(12,13)14/h3-4,6-7,10H,5,15H2,1-2H3. The van der Waals surface area contributed by atoms with E-state index in [0.717, 1.165) is 12.3 Å². The molecule has 16 heavy (non-hydrogen) atoms.